The van der Waals surface area contributed by atoms with Crippen LogP contribution < -0.4 is 15.0 Å². The Balaban J connectivity index is 1.88. The number of carbonyl (C=O) groups excluding carboxylic acids is 1. The monoisotopic (exact) mass is 450 g/mol. The Bertz CT molecular complexity index is 1280. The zero-order valence-corrected chi connectivity index (χ0v) is 16.8. The lowest BCUT2D eigenvalue weighted by Crippen LogP contribution is -2.29. The number of hydrogen-bond donors (Lipinski definition) is 3. The van der Waals surface area contributed by atoms with Crippen LogP contribution in [0.1, 0.15) is 10.4 Å². The molecule has 3 N–H and O–H groups in total. The number of nitrogens with one attached hydrogen (secondary N) is 2. The molecule has 3 rings (SSSR count). The number of Topliss-reactive ketones (excluding diaryl/α,β-unsaturated/α-hetero) is 1. The lowest BCUT2D eigenvalue weighted by atomic mass is 10.0. The number of benzene rings is 2. The molecule has 0 aliphatic heterocycles. The van der Waals surface area contributed by atoms with Gasteiger partial charge in [-0.3, -0.25) is 9.59 Å². The number of H-pyrrole nitrogens is 1. The van der Waals surface area contributed by atoms with Gasteiger partial charge in [-0.2, -0.15) is 0 Å². The molecule has 0 spiro atoms. The van der Waals surface area contributed by atoms with Crippen molar-refractivity contribution in [1.82, 2.24) is 9.71 Å². The maximum atomic E-state index is 12.7. The van der Waals surface area contributed by atoms with E-state index in [1.165, 1.54) is 48.5 Å². The summed E-state index contributed by atoms with van der Waals surface area (Å²) in [6.45, 7) is -1.17. The molecule has 30 heavy (non-hydrogen) atoms. The van der Waals surface area contributed by atoms with Gasteiger partial charge in [0.15, 0.2) is 12.4 Å². The van der Waals surface area contributed by atoms with Crippen LogP contribution in [-0.4, -0.2) is 43.4 Å². The SMILES string of the molecule is O=C(O)COc1ccc(C(=O)CNS(=O)(=O)c2ccc(Cl)cc2)c2ccc(=O)[nH]c12. The van der Waals surface area contributed by atoms with E-state index in [0.717, 1.165) is 0 Å². The first-order valence-electron chi connectivity index (χ1n) is 8.46. The van der Waals surface area contributed by atoms with Gasteiger partial charge in [0, 0.05) is 22.0 Å². The Hall–Kier alpha value is -3.21. The van der Waals surface area contributed by atoms with Gasteiger partial charge in [0.2, 0.25) is 15.6 Å². The molecule has 1 aromatic heterocycles. The Morgan fingerprint density at radius 1 is 1.07 bits per heavy atom. The minimum absolute atomic E-state index is 0.0497. The molecule has 3 aromatic rings. The van der Waals surface area contributed by atoms with Crippen LogP contribution >= 0.6 is 11.6 Å². The fourth-order valence-corrected chi connectivity index (χ4v) is 3.79. The number of aromatic amines is 1. The smallest absolute Gasteiger partial charge is 0.341 e. The predicted octanol–water partition coefficient (Wildman–Crippen LogP) is 1.81. The van der Waals surface area contributed by atoms with Gasteiger partial charge in [-0.15, -0.1) is 0 Å². The summed E-state index contributed by atoms with van der Waals surface area (Å²) in [7, 11) is -3.94. The lowest BCUT2D eigenvalue weighted by molar-refractivity contribution is -0.139. The maximum absolute atomic E-state index is 12.7. The number of carbonyl (C=O) groups is 2. The number of carboxylic acid groups (broad SMARTS) is 1. The van der Waals surface area contributed by atoms with Gasteiger partial charge in [0.1, 0.15) is 5.75 Å². The molecule has 1 heterocycles. The first-order valence-corrected chi connectivity index (χ1v) is 10.3. The van der Waals surface area contributed by atoms with Crippen LogP contribution in [0.4, 0.5) is 0 Å². The summed E-state index contributed by atoms with van der Waals surface area (Å²) in [4.78, 5) is 37.6. The molecule has 11 heteroatoms. The molecule has 0 radical (unpaired) electrons. The highest BCUT2D eigenvalue weighted by Crippen LogP contribution is 2.26. The molecular formula is C19H15ClN2O7S. The van der Waals surface area contributed by atoms with Gasteiger partial charge in [0.25, 0.3) is 0 Å². The molecule has 156 valence electrons. The van der Waals surface area contributed by atoms with Crippen molar-refractivity contribution in [2.24, 2.45) is 0 Å². The molecule has 2 aromatic carbocycles. The number of ether oxygens (including phenoxy) is 1. The Morgan fingerprint density at radius 3 is 2.43 bits per heavy atom. The number of aromatic nitrogens is 1. The summed E-state index contributed by atoms with van der Waals surface area (Å²) in [5, 5.41) is 9.43. The largest absolute Gasteiger partial charge is 0.480 e. The topological polar surface area (TPSA) is 143 Å². The maximum Gasteiger partial charge on any atom is 0.341 e. The Labute approximate surface area is 175 Å². The minimum atomic E-state index is -3.94. The Morgan fingerprint density at radius 2 is 1.77 bits per heavy atom. The lowest BCUT2D eigenvalue weighted by Gasteiger charge is -2.11. The van der Waals surface area contributed by atoms with Crippen LogP contribution in [0.3, 0.4) is 0 Å². The van der Waals surface area contributed by atoms with Gasteiger partial charge >= 0.3 is 5.97 Å². The quantitative estimate of drug-likeness (QED) is 0.444. The van der Waals surface area contributed by atoms with Crippen molar-refractivity contribution in [2.75, 3.05) is 13.2 Å². The molecule has 0 unspecified atom stereocenters. The van der Waals surface area contributed by atoms with Crippen LogP contribution in [0.2, 0.25) is 5.02 Å². The second kappa shape index (κ2) is 8.66. The number of sulfonamides is 1. The number of ketones is 1. The molecule has 9 nitrogen and oxygen atoms in total. The highest BCUT2D eigenvalue weighted by molar-refractivity contribution is 7.89. The second-order valence-electron chi connectivity index (χ2n) is 6.11. The van der Waals surface area contributed by atoms with E-state index >= 15 is 0 Å². The summed E-state index contributed by atoms with van der Waals surface area (Å²) in [6, 6.07) is 10.7. The molecule has 0 bridgehead atoms. The van der Waals surface area contributed by atoms with Gasteiger partial charge in [-0.25, -0.2) is 17.9 Å². The van der Waals surface area contributed by atoms with E-state index in [2.05, 4.69) is 9.71 Å². The third-order valence-electron chi connectivity index (χ3n) is 4.06. The van der Waals surface area contributed by atoms with E-state index in [1.54, 1.807) is 0 Å². The van der Waals surface area contributed by atoms with E-state index in [9.17, 15) is 22.8 Å². The van der Waals surface area contributed by atoms with Crippen LogP contribution in [0.5, 0.6) is 5.75 Å². The van der Waals surface area contributed by atoms with Crippen LogP contribution in [-0.2, 0) is 14.8 Å². The summed E-state index contributed by atoms with van der Waals surface area (Å²) in [5.41, 5.74) is -0.214. The summed E-state index contributed by atoms with van der Waals surface area (Å²) in [5.74, 6) is -1.70. The third kappa shape index (κ3) is 4.85. The van der Waals surface area contributed by atoms with E-state index in [-0.39, 0.29) is 27.1 Å². The summed E-state index contributed by atoms with van der Waals surface area (Å²) >= 11 is 5.75. The average Bonchev–Trinajstić information content (AvgIpc) is 2.70. The number of halogens is 1. The standard InChI is InChI=1S/C19H15ClN2O7S/c20-11-1-3-12(4-2-11)30(27,28)21-9-15(23)13-5-7-16(29-10-18(25)26)19-14(13)6-8-17(24)22-19/h1-8,21H,9-10H2,(H,22,24)(H,25,26). The van der Waals surface area contributed by atoms with E-state index in [4.69, 9.17) is 21.4 Å². The number of carboxylic acids is 1. The fraction of sp³-hybridized carbons (Fsp3) is 0.105. The highest BCUT2D eigenvalue weighted by Gasteiger charge is 2.19. The molecule has 0 saturated heterocycles. The van der Waals surface area contributed by atoms with Crippen molar-refractivity contribution >= 4 is 44.3 Å². The molecule has 0 atom stereocenters. The van der Waals surface area contributed by atoms with Crippen molar-refractivity contribution in [3.05, 3.63) is 69.5 Å². The molecular weight excluding hydrogens is 436 g/mol. The minimum Gasteiger partial charge on any atom is -0.480 e. The number of pyridine rings is 1. The van der Waals surface area contributed by atoms with E-state index in [1.807, 2.05) is 0 Å². The van der Waals surface area contributed by atoms with Crippen molar-refractivity contribution in [3.63, 3.8) is 0 Å². The molecule has 0 aliphatic carbocycles. The van der Waals surface area contributed by atoms with Gasteiger partial charge < -0.3 is 14.8 Å². The zero-order valence-electron chi connectivity index (χ0n) is 15.2. The van der Waals surface area contributed by atoms with Crippen LogP contribution in [0, 0.1) is 0 Å². The van der Waals surface area contributed by atoms with Crippen molar-refractivity contribution in [3.8, 4) is 5.75 Å². The van der Waals surface area contributed by atoms with Crippen molar-refractivity contribution in [2.45, 2.75) is 4.90 Å². The van der Waals surface area contributed by atoms with Gasteiger partial charge in [-0.05, 0) is 42.5 Å². The Kier molecular flexibility index (Phi) is 6.20. The van der Waals surface area contributed by atoms with Gasteiger partial charge in [-0.1, -0.05) is 11.6 Å². The fourth-order valence-electron chi connectivity index (χ4n) is 2.68. The number of fused-ring (bicyclic) bond motifs is 1. The van der Waals surface area contributed by atoms with Crippen molar-refractivity contribution < 1.29 is 27.9 Å². The highest BCUT2D eigenvalue weighted by atomic mass is 35.5. The summed E-state index contributed by atoms with van der Waals surface area (Å²) < 4.78 is 32.1. The first kappa shape index (κ1) is 21.5. The van der Waals surface area contributed by atoms with Gasteiger partial charge in [0.05, 0.1) is 17.0 Å². The summed E-state index contributed by atoms with van der Waals surface area (Å²) in [6.07, 6.45) is 0. The second-order valence-corrected chi connectivity index (χ2v) is 8.31. The number of hydrogen-bond acceptors (Lipinski definition) is 6. The first-order chi connectivity index (χ1) is 14.2. The molecule has 0 aliphatic rings. The average molecular weight is 451 g/mol. The molecule has 0 fully saturated rings. The van der Waals surface area contributed by atoms with Crippen molar-refractivity contribution in [1.29, 1.82) is 0 Å². The van der Waals surface area contributed by atoms with E-state index < -0.39 is 40.5 Å². The zero-order chi connectivity index (χ0) is 21.9. The normalized spacial score (nSPS) is 11.4. The number of aliphatic carboxylic acids is 1. The van der Waals surface area contributed by atoms with Crippen LogP contribution in [0.15, 0.2) is 58.2 Å². The third-order valence-corrected chi connectivity index (χ3v) is 5.72. The number of rotatable bonds is 8. The van der Waals surface area contributed by atoms with E-state index in [0.29, 0.717) is 5.02 Å². The predicted molar refractivity (Wildman–Crippen MR) is 109 cm³/mol. The van der Waals surface area contributed by atoms with Crippen LogP contribution in [0.25, 0.3) is 10.9 Å². The molecule has 0 saturated carbocycles. The molecule has 0 amide bonds.